The Hall–Kier alpha value is -3.56. The van der Waals surface area contributed by atoms with Gasteiger partial charge in [0.2, 0.25) is 11.7 Å². The molecule has 5 aromatic rings. The monoisotopic (exact) mass is 487 g/mol. The van der Waals surface area contributed by atoms with Crippen LogP contribution >= 0.6 is 23.5 Å². The van der Waals surface area contributed by atoms with Crippen LogP contribution in [0.1, 0.15) is 6.92 Å². The molecule has 1 N–H and O–H groups in total. The van der Waals surface area contributed by atoms with Gasteiger partial charge in [-0.05, 0) is 43.3 Å². The van der Waals surface area contributed by atoms with Gasteiger partial charge in [0.05, 0.1) is 21.8 Å². The Morgan fingerprint density at radius 2 is 1.65 bits per heavy atom. The first-order chi connectivity index (χ1) is 16.5. The Morgan fingerprint density at radius 3 is 2.47 bits per heavy atom. The van der Waals surface area contributed by atoms with Gasteiger partial charge >= 0.3 is 0 Å². The van der Waals surface area contributed by atoms with Crippen molar-refractivity contribution in [1.29, 1.82) is 0 Å². The van der Waals surface area contributed by atoms with E-state index in [2.05, 4.69) is 15.5 Å². The van der Waals surface area contributed by atoms with Crippen LogP contribution in [0.4, 0.5) is 5.69 Å². The maximum atomic E-state index is 13.1. The average molecular weight is 488 g/mol. The van der Waals surface area contributed by atoms with Crippen molar-refractivity contribution in [2.45, 2.75) is 27.1 Å². The van der Waals surface area contributed by atoms with Gasteiger partial charge in [-0.25, -0.2) is 0 Å². The Morgan fingerprint density at radius 1 is 0.941 bits per heavy atom. The van der Waals surface area contributed by atoms with Crippen LogP contribution in [0, 0.1) is 0 Å². The third-order valence-corrected chi connectivity index (χ3v) is 7.49. The summed E-state index contributed by atoms with van der Waals surface area (Å²) in [5.74, 6) is 0.292. The zero-order chi connectivity index (χ0) is 23.7. The Kier molecular flexibility index (Phi) is 6.12. The summed E-state index contributed by atoms with van der Waals surface area (Å²) in [6, 6.07) is 25.1. The van der Waals surface area contributed by atoms with Crippen LogP contribution in [0.15, 0.2) is 98.6 Å². The SMILES string of the molecule is C[C@@H](Sc1nnc2n(C)c(=O)c3ccccc3n12)C(=O)Nc1ccccc1Sc1ccccc1. The Bertz CT molecular complexity index is 1560. The van der Waals surface area contributed by atoms with Gasteiger partial charge < -0.3 is 5.32 Å². The largest absolute Gasteiger partial charge is 0.324 e. The number of benzene rings is 3. The fourth-order valence-electron chi connectivity index (χ4n) is 3.61. The number of para-hydroxylation sites is 2. The van der Waals surface area contributed by atoms with E-state index in [4.69, 9.17) is 0 Å². The lowest BCUT2D eigenvalue weighted by Crippen LogP contribution is -2.23. The number of thioether (sulfide) groups is 1. The summed E-state index contributed by atoms with van der Waals surface area (Å²) < 4.78 is 3.30. The van der Waals surface area contributed by atoms with Crippen LogP contribution in [-0.4, -0.2) is 30.3 Å². The summed E-state index contributed by atoms with van der Waals surface area (Å²) in [5.41, 5.74) is 1.34. The number of rotatable bonds is 6. The average Bonchev–Trinajstić information content (AvgIpc) is 3.28. The standard InChI is InChI=1S/C25H21N5O2S2/c1-16(22(31)26-19-13-7-9-15-21(19)34-17-10-4-3-5-11-17)33-25-28-27-24-29(2)23(32)18-12-6-8-14-20(18)30(24)25/h3-16H,1-2H3,(H,26,31)/t16-/m1/s1. The van der Waals surface area contributed by atoms with Gasteiger partial charge in [0.15, 0.2) is 5.16 Å². The van der Waals surface area contributed by atoms with Crippen LogP contribution in [0.5, 0.6) is 0 Å². The molecule has 0 fully saturated rings. The number of carbonyl (C=O) groups is 1. The fourth-order valence-corrected chi connectivity index (χ4v) is 5.39. The van der Waals surface area contributed by atoms with Crippen LogP contribution in [0.25, 0.3) is 16.7 Å². The van der Waals surface area contributed by atoms with Gasteiger partial charge in [-0.15, -0.1) is 10.2 Å². The third kappa shape index (κ3) is 4.20. The molecule has 0 aliphatic carbocycles. The van der Waals surface area contributed by atoms with E-state index in [1.807, 2.05) is 84.1 Å². The highest BCUT2D eigenvalue weighted by Crippen LogP contribution is 2.34. The molecule has 0 radical (unpaired) electrons. The summed E-state index contributed by atoms with van der Waals surface area (Å²) in [6.07, 6.45) is 0. The van der Waals surface area contributed by atoms with E-state index in [0.717, 1.165) is 15.5 Å². The van der Waals surface area contributed by atoms with E-state index >= 15 is 0 Å². The molecule has 0 bridgehead atoms. The normalized spacial score (nSPS) is 12.2. The number of amides is 1. The summed E-state index contributed by atoms with van der Waals surface area (Å²) in [5, 5.41) is 12.2. The minimum absolute atomic E-state index is 0.134. The van der Waals surface area contributed by atoms with Crippen molar-refractivity contribution in [1.82, 2.24) is 19.2 Å². The molecular weight excluding hydrogens is 466 g/mol. The number of aromatic nitrogens is 4. The van der Waals surface area contributed by atoms with Crippen molar-refractivity contribution in [2.24, 2.45) is 7.05 Å². The summed E-state index contributed by atoms with van der Waals surface area (Å²) in [7, 11) is 1.67. The molecule has 0 unspecified atom stereocenters. The van der Waals surface area contributed by atoms with E-state index in [1.54, 1.807) is 24.9 Å². The first kappa shape index (κ1) is 22.2. The zero-order valence-corrected chi connectivity index (χ0v) is 20.1. The fraction of sp³-hybridized carbons (Fsp3) is 0.120. The van der Waals surface area contributed by atoms with Gasteiger partial charge in [0, 0.05) is 16.8 Å². The maximum absolute atomic E-state index is 13.1. The second kappa shape index (κ2) is 9.36. The molecule has 7 nitrogen and oxygen atoms in total. The van der Waals surface area contributed by atoms with E-state index in [9.17, 15) is 9.59 Å². The number of anilines is 1. The van der Waals surface area contributed by atoms with E-state index < -0.39 is 5.25 Å². The number of nitrogens with zero attached hydrogens (tertiary/aromatic N) is 4. The van der Waals surface area contributed by atoms with E-state index in [0.29, 0.717) is 21.8 Å². The first-order valence-corrected chi connectivity index (χ1v) is 12.3. The maximum Gasteiger partial charge on any atom is 0.262 e. The quantitative estimate of drug-likeness (QED) is 0.345. The highest BCUT2D eigenvalue weighted by molar-refractivity contribution is 8.00. The predicted octanol–water partition coefficient (Wildman–Crippen LogP) is 4.85. The molecule has 2 heterocycles. The van der Waals surface area contributed by atoms with Crippen molar-refractivity contribution >= 4 is 51.8 Å². The molecule has 1 atom stereocenters. The number of fused-ring (bicyclic) bond motifs is 3. The number of carbonyl (C=O) groups excluding carboxylic acids is 1. The molecule has 34 heavy (non-hydrogen) atoms. The number of nitrogens with one attached hydrogen (secondary N) is 1. The highest BCUT2D eigenvalue weighted by Gasteiger charge is 2.21. The molecule has 0 saturated carbocycles. The molecular formula is C25H21N5O2S2. The first-order valence-electron chi connectivity index (χ1n) is 10.7. The topological polar surface area (TPSA) is 81.3 Å². The summed E-state index contributed by atoms with van der Waals surface area (Å²) in [4.78, 5) is 27.8. The molecule has 0 spiro atoms. The molecule has 0 aliphatic heterocycles. The van der Waals surface area contributed by atoms with Crippen molar-refractivity contribution in [3.8, 4) is 0 Å². The summed E-state index contributed by atoms with van der Waals surface area (Å²) in [6.45, 7) is 1.83. The van der Waals surface area contributed by atoms with Gasteiger partial charge in [-0.3, -0.25) is 18.6 Å². The second-order valence-corrected chi connectivity index (χ2v) is 10.1. The highest BCUT2D eigenvalue weighted by atomic mass is 32.2. The molecule has 9 heteroatoms. The lowest BCUT2D eigenvalue weighted by molar-refractivity contribution is -0.115. The molecule has 2 aromatic heterocycles. The minimum atomic E-state index is -0.446. The van der Waals surface area contributed by atoms with Crippen LogP contribution in [-0.2, 0) is 11.8 Å². The van der Waals surface area contributed by atoms with Crippen molar-refractivity contribution < 1.29 is 4.79 Å². The number of hydrogen-bond acceptors (Lipinski definition) is 6. The third-order valence-electron chi connectivity index (χ3n) is 5.36. The lowest BCUT2D eigenvalue weighted by Gasteiger charge is -2.14. The van der Waals surface area contributed by atoms with Gasteiger partial charge in [0.1, 0.15) is 0 Å². The molecule has 3 aromatic carbocycles. The van der Waals surface area contributed by atoms with Gasteiger partial charge in [-0.1, -0.05) is 66.0 Å². The van der Waals surface area contributed by atoms with Crippen molar-refractivity contribution in [3.05, 3.63) is 89.2 Å². The molecule has 0 saturated heterocycles. The van der Waals surface area contributed by atoms with Crippen LogP contribution in [0.2, 0.25) is 0 Å². The molecule has 170 valence electrons. The van der Waals surface area contributed by atoms with Crippen LogP contribution in [0.3, 0.4) is 0 Å². The predicted molar refractivity (Wildman–Crippen MR) is 137 cm³/mol. The van der Waals surface area contributed by atoms with Gasteiger partial charge in [-0.2, -0.15) is 0 Å². The van der Waals surface area contributed by atoms with Crippen molar-refractivity contribution in [3.63, 3.8) is 0 Å². The number of aryl methyl sites for hydroxylation is 1. The Labute approximate surface area is 204 Å². The Balaban J connectivity index is 1.41. The molecule has 1 amide bonds. The van der Waals surface area contributed by atoms with Gasteiger partial charge in [0.25, 0.3) is 5.56 Å². The zero-order valence-electron chi connectivity index (χ0n) is 18.5. The van der Waals surface area contributed by atoms with E-state index in [-0.39, 0.29) is 11.5 Å². The lowest BCUT2D eigenvalue weighted by atomic mass is 10.2. The van der Waals surface area contributed by atoms with Crippen LogP contribution < -0.4 is 10.9 Å². The minimum Gasteiger partial charge on any atom is -0.324 e. The van der Waals surface area contributed by atoms with Crippen molar-refractivity contribution in [2.75, 3.05) is 5.32 Å². The molecule has 5 rings (SSSR count). The summed E-state index contributed by atoms with van der Waals surface area (Å²) >= 11 is 2.90. The smallest absolute Gasteiger partial charge is 0.262 e. The molecule has 0 aliphatic rings. The second-order valence-electron chi connectivity index (χ2n) is 7.66. The number of hydrogen-bond donors (Lipinski definition) is 1. The van der Waals surface area contributed by atoms with E-state index in [1.165, 1.54) is 16.3 Å².